The molecule has 2 N–H and O–H groups in total. The number of hydrogen-bond acceptors (Lipinski definition) is 4. The van der Waals surface area contributed by atoms with Crippen LogP contribution in [0.15, 0.2) is 60.7 Å². The maximum absolute atomic E-state index is 6.63. The van der Waals surface area contributed by atoms with Gasteiger partial charge in [0.1, 0.15) is 17.5 Å². The van der Waals surface area contributed by atoms with Crippen molar-refractivity contribution in [2.24, 2.45) is 5.92 Å². The number of hydrogen-bond donors (Lipinski definition) is 1. The standard InChI is InChI=1S/C34H44N2O2/c1-24-25(2)32-30(26(3)31(24)35)22-34(4,38-32)23-36-19-17-27(18-20-36)12-11-21-37-33(28-13-7-5-8-14-28)29-15-9-6-10-16-29/h5-10,13-16,27,33H,11-12,17-23,35H2,1-4H3. The molecule has 0 bridgehead atoms. The Labute approximate surface area is 229 Å². The molecule has 5 rings (SSSR count). The Hall–Kier alpha value is -2.82. The Kier molecular flexibility index (Phi) is 8.11. The van der Waals surface area contributed by atoms with Crippen molar-refractivity contribution in [1.29, 1.82) is 0 Å². The molecule has 0 saturated carbocycles. The maximum Gasteiger partial charge on any atom is 0.127 e. The monoisotopic (exact) mass is 512 g/mol. The number of piperidine rings is 1. The second kappa shape index (κ2) is 11.5. The molecule has 1 saturated heterocycles. The van der Waals surface area contributed by atoms with Crippen LogP contribution < -0.4 is 10.5 Å². The normalized spacial score (nSPS) is 20.0. The molecule has 1 atom stereocenters. The SMILES string of the molecule is Cc1c(C)c2c(c(C)c1N)CC(C)(CN1CCC(CCCOC(c3ccccc3)c3ccccc3)CC1)O2. The van der Waals surface area contributed by atoms with Crippen molar-refractivity contribution in [3.8, 4) is 5.75 Å². The zero-order chi connectivity index (χ0) is 26.7. The van der Waals surface area contributed by atoms with Gasteiger partial charge in [0.15, 0.2) is 0 Å². The summed E-state index contributed by atoms with van der Waals surface area (Å²) in [7, 11) is 0. The van der Waals surface area contributed by atoms with Crippen LogP contribution in [0.3, 0.4) is 0 Å². The molecule has 202 valence electrons. The highest BCUT2D eigenvalue weighted by molar-refractivity contribution is 5.66. The first kappa shape index (κ1) is 26.8. The lowest BCUT2D eigenvalue weighted by Gasteiger charge is -2.37. The lowest BCUT2D eigenvalue weighted by Crippen LogP contribution is -2.47. The summed E-state index contributed by atoms with van der Waals surface area (Å²) in [5.41, 5.74) is 14.5. The van der Waals surface area contributed by atoms with E-state index < -0.39 is 0 Å². The van der Waals surface area contributed by atoms with Crippen molar-refractivity contribution in [3.05, 3.63) is 94.0 Å². The Morgan fingerprint density at radius 2 is 1.53 bits per heavy atom. The van der Waals surface area contributed by atoms with E-state index in [1.54, 1.807) is 0 Å². The minimum absolute atomic E-state index is 0.00179. The van der Waals surface area contributed by atoms with Crippen LogP contribution in [0.4, 0.5) is 5.69 Å². The highest BCUT2D eigenvalue weighted by atomic mass is 16.5. The van der Waals surface area contributed by atoms with E-state index in [-0.39, 0.29) is 11.7 Å². The molecule has 2 heterocycles. The number of rotatable bonds is 9. The molecule has 2 aliphatic rings. The lowest BCUT2D eigenvalue weighted by atomic mass is 9.89. The highest BCUT2D eigenvalue weighted by Gasteiger charge is 2.39. The van der Waals surface area contributed by atoms with Gasteiger partial charge in [-0.25, -0.2) is 0 Å². The molecule has 1 fully saturated rings. The number of nitrogen functional groups attached to an aromatic ring is 1. The summed E-state index contributed by atoms with van der Waals surface area (Å²) in [5, 5.41) is 0. The van der Waals surface area contributed by atoms with Gasteiger partial charge in [-0.3, -0.25) is 4.90 Å². The van der Waals surface area contributed by atoms with E-state index in [0.717, 1.165) is 62.0 Å². The number of fused-ring (bicyclic) bond motifs is 1. The molecule has 3 aromatic carbocycles. The van der Waals surface area contributed by atoms with Gasteiger partial charge in [0.25, 0.3) is 0 Å². The predicted octanol–water partition coefficient (Wildman–Crippen LogP) is 7.19. The summed E-state index contributed by atoms with van der Waals surface area (Å²) >= 11 is 0. The van der Waals surface area contributed by atoms with E-state index in [2.05, 4.69) is 93.3 Å². The van der Waals surface area contributed by atoms with E-state index in [9.17, 15) is 0 Å². The fourth-order valence-corrected chi connectivity index (χ4v) is 6.43. The molecule has 0 amide bonds. The molecular weight excluding hydrogens is 468 g/mol. The van der Waals surface area contributed by atoms with Crippen molar-refractivity contribution >= 4 is 5.69 Å². The summed E-state index contributed by atoms with van der Waals surface area (Å²) in [6.07, 6.45) is 5.81. The van der Waals surface area contributed by atoms with Gasteiger partial charge >= 0.3 is 0 Å². The van der Waals surface area contributed by atoms with Gasteiger partial charge in [-0.2, -0.15) is 0 Å². The molecule has 38 heavy (non-hydrogen) atoms. The first-order chi connectivity index (χ1) is 18.3. The third-order valence-electron chi connectivity index (χ3n) is 8.85. The molecular formula is C34H44N2O2. The van der Waals surface area contributed by atoms with Crippen LogP contribution in [0.1, 0.15) is 72.1 Å². The highest BCUT2D eigenvalue weighted by Crippen LogP contribution is 2.44. The van der Waals surface area contributed by atoms with Crippen LogP contribution in [-0.2, 0) is 11.2 Å². The number of benzene rings is 3. The first-order valence-corrected chi connectivity index (χ1v) is 14.4. The van der Waals surface area contributed by atoms with Gasteiger partial charge < -0.3 is 15.2 Å². The minimum Gasteiger partial charge on any atom is -0.485 e. The summed E-state index contributed by atoms with van der Waals surface area (Å²) in [6.45, 7) is 12.7. The minimum atomic E-state index is -0.178. The van der Waals surface area contributed by atoms with Gasteiger partial charge in [0, 0.05) is 30.8 Å². The fourth-order valence-electron chi connectivity index (χ4n) is 6.43. The van der Waals surface area contributed by atoms with Gasteiger partial charge in [0.2, 0.25) is 0 Å². The van der Waals surface area contributed by atoms with Crippen LogP contribution in [-0.4, -0.2) is 36.7 Å². The molecule has 1 unspecified atom stereocenters. The molecule has 4 nitrogen and oxygen atoms in total. The second-order valence-electron chi connectivity index (χ2n) is 11.8. The molecule has 2 aliphatic heterocycles. The van der Waals surface area contributed by atoms with Crippen LogP contribution in [0.5, 0.6) is 5.75 Å². The van der Waals surface area contributed by atoms with E-state index in [4.69, 9.17) is 15.2 Å². The van der Waals surface area contributed by atoms with E-state index >= 15 is 0 Å². The largest absolute Gasteiger partial charge is 0.485 e. The summed E-state index contributed by atoms with van der Waals surface area (Å²) in [4.78, 5) is 2.61. The number of nitrogens with two attached hydrogens (primary N) is 1. The second-order valence-corrected chi connectivity index (χ2v) is 11.8. The zero-order valence-electron chi connectivity index (χ0n) is 23.6. The van der Waals surface area contributed by atoms with Crippen molar-refractivity contribution in [3.63, 3.8) is 0 Å². The van der Waals surface area contributed by atoms with Gasteiger partial charge in [0.05, 0.1) is 0 Å². The average Bonchev–Trinajstić information content (AvgIpc) is 3.30. The summed E-state index contributed by atoms with van der Waals surface area (Å²) < 4.78 is 13.1. The van der Waals surface area contributed by atoms with Crippen LogP contribution in [0.2, 0.25) is 0 Å². The Morgan fingerprint density at radius 1 is 0.921 bits per heavy atom. The molecule has 4 heteroatoms. The first-order valence-electron chi connectivity index (χ1n) is 14.4. The van der Waals surface area contributed by atoms with Crippen LogP contribution >= 0.6 is 0 Å². The lowest BCUT2D eigenvalue weighted by molar-refractivity contribution is 0.0432. The molecule has 0 spiro atoms. The summed E-state index contributed by atoms with van der Waals surface area (Å²) in [5.74, 6) is 1.86. The maximum atomic E-state index is 6.63. The third-order valence-corrected chi connectivity index (χ3v) is 8.85. The van der Waals surface area contributed by atoms with E-state index in [1.807, 2.05) is 0 Å². The van der Waals surface area contributed by atoms with E-state index in [1.165, 1.54) is 47.1 Å². The topological polar surface area (TPSA) is 47.7 Å². The zero-order valence-corrected chi connectivity index (χ0v) is 23.6. The number of anilines is 1. The van der Waals surface area contributed by atoms with Crippen molar-refractivity contribution in [2.75, 3.05) is 32.0 Å². The van der Waals surface area contributed by atoms with E-state index in [0.29, 0.717) is 0 Å². The van der Waals surface area contributed by atoms with Crippen molar-refractivity contribution < 1.29 is 9.47 Å². The summed E-state index contributed by atoms with van der Waals surface area (Å²) in [6, 6.07) is 21.2. The molecule has 3 aromatic rings. The molecule has 0 radical (unpaired) electrons. The Balaban J connectivity index is 1.09. The quantitative estimate of drug-likeness (QED) is 0.244. The number of ether oxygens (including phenoxy) is 2. The van der Waals surface area contributed by atoms with Crippen LogP contribution in [0, 0.1) is 26.7 Å². The molecule has 0 aliphatic carbocycles. The molecule has 0 aromatic heterocycles. The number of likely N-dealkylation sites (tertiary alicyclic amines) is 1. The fraction of sp³-hybridized carbons (Fsp3) is 0.471. The van der Waals surface area contributed by atoms with Crippen molar-refractivity contribution in [1.82, 2.24) is 4.90 Å². The van der Waals surface area contributed by atoms with Gasteiger partial charge in [-0.15, -0.1) is 0 Å². The Morgan fingerprint density at radius 3 is 2.13 bits per heavy atom. The predicted molar refractivity (Wildman–Crippen MR) is 157 cm³/mol. The van der Waals surface area contributed by atoms with Crippen LogP contribution in [0.25, 0.3) is 0 Å². The van der Waals surface area contributed by atoms with Gasteiger partial charge in [-0.05, 0) is 100 Å². The van der Waals surface area contributed by atoms with Gasteiger partial charge in [-0.1, -0.05) is 60.7 Å². The smallest absolute Gasteiger partial charge is 0.127 e. The number of nitrogens with zero attached hydrogens (tertiary/aromatic N) is 1. The van der Waals surface area contributed by atoms with Crippen molar-refractivity contribution in [2.45, 2.75) is 71.5 Å². The Bertz CT molecular complexity index is 1140. The third kappa shape index (κ3) is 5.77. The average molecular weight is 513 g/mol.